The van der Waals surface area contributed by atoms with Gasteiger partial charge in [-0.2, -0.15) is 13.2 Å². The maximum Gasteiger partial charge on any atom is 0.446 e. The summed E-state index contributed by atoms with van der Waals surface area (Å²) in [5.74, 6) is -0.694. The minimum Gasteiger partial charge on any atom is -0.321 e. The summed E-state index contributed by atoms with van der Waals surface area (Å²) < 4.78 is 36.8. The third-order valence-electron chi connectivity index (χ3n) is 2.90. The molecule has 0 aliphatic carbocycles. The number of halogens is 3. The van der Waals surface area contributed by atoms with E-state index < -0.39 is 11.4 Å². The second-order valence-corrected chi connectivity index (χ2v) is 5.77. The van der Waals surface area contributed by atoms with Crippen molar-refractivity contribution in [2.24, 2.45) is 0 Å². The second-order valence-electron chi connectivity index (χ2n) is 4.63. The fourth-order valence-electron chi connectivity index (χ4n) is 1.90. The number of rotatable bonds is 4. The van der Waals surface area contributed by atoms with E-state index in [4.69, 9.17) is 0 Å². The number of hydrogen-bond donors (Lipinski definition) is 1. The van der Waals surface area contributed by atoms with Crippen molar-refractivity contribution in [1.82, 2.24) is 0 Å². The first-order valence-corrected chi connectivity index (χ1v) is 7.35. The van der Waals surface area contributed by atoms with Gasteiger partial charge in [-0.05, 0) is 55.1 Å². The molecule has 0 aliphatic rings. The molecule has 1 N–H and O–H groups in total. The summed E-state index contributed by atoms with van der Waals surface area (Å²) in [6.07, 6.45) is 0. The van der Waals surface area contributed by atoms with Gasteiger partial charge in [0, 0.05) is 16.0 Å². The maximum absolute atomic E-state index is 12.3. The highest BCUT2D eigenvalue weighted by atomic mass is 32.2. The van der Waals surface area contributed by atoms with Crippen LogP contribution >= 0.6 is 11.8 Å². The molecule has 0 heterocycles. The predicted octanol–water partition coefficient (Wildman–Crippen LogP) is 4.75. The number of ketones is 1. The van der Waals surface area contributed by atoms with E-state index in [1.165, 1.54) is 31.2 Å². The molecule has 0 aromatic heterocycles. The average Bonchev–Trinajstić information content (AvgIpc) is 2.46. The van der Waals surface area contributed by atoms with E-state index in [1.54, 1.807) is 24.3 Å². The lowest BCUT2D eigenvalue weighted by atomic mass is 10.1. The molecule has 7 heteroatoms. The lowest BCUT2D eigenvalue weighted by Gasteiger charge is -2.10. The third-order valence-corrected chi connectivity index (χ3v) is 3.64. The van der Waals surface area contributed by atoms with Gasteiger partial charge in [0.15, 0.2) is 5.78 Å². The number of carbonyl (C=O) groups excluding carboxylic acids is 2. The summed E-state index contributed by atoms with van der Waals surface area (Å²) in [7, 11) is 0. The molecule has 2 aromatic rings. The molecule has 0 radical (unpaired) electrons. The highest BCUT2D eigenvalue weighted by Crippen LogP contribution is 2.36. The molecule has 120 valence electrons. The van der Waals surface area contributed by atoms with Gasteiger partial charge in [-0.25, -0.2) is 0 Å². The fourth-order valence-corrected chi connectivity index (χ4v) is 2.44. The number of amides is 1. The molecule has 0 spiro atoms. The lowest BCUT2D eigenvalue weighted by Crippen LogP contribution is -2.14. The van der Waals surface area contributed by atoms with E-state index in [0.717, 1.165) is 0 Å². The zero-order valence-electron chi connectivity index (χ0n) is 12.0. The lowest BCUT2D eigenvalue weighted by molar-refractivity contribution is -0.0328. The van der Waals surface area contributed by atoms with Crippen molar-refractivity contribution in [3.05, 3.63) is 59.7 Å². The third kappa shape index (κ3) is 4.85. The molecule has 3 nitrogen and oxygen atoms in total. The Labute approximate surface area is 134 Å². The van der Waals surface area contributed by atoms with Crippen LogP contribution in [0.5, 0.6) is 0 Å². The predicted molar refractivity (Wildman–Crippen MR) is 82.8 cm³/mol. The first-order valence-electron chi connectivity index (χ1n) is 6.53. The SMILES string of the molecule is CC(=O)c1ccccc1NC(=O)c1ccc(SC(F)(F)F)cc1. The summed E-state index contributed by atoms with van der Waals surface area (Å²) in [6, 6.07) is 11.6. The molecule has 2 aromatic carbocycles. The monoisotopic (exact) mass is 339 g/mol. The highest BCUT2D eigenvalue weighted by molar-refractivity contribution is 8.00. The zero-order valence-corrected chi connectivity index (χ0v) is 12.8. The van der Waals surface area contributed by atoms with Crippen molar-refractivity contribution >= 4 is 29.1 Å². The van der Waals surface area contributed by atoms with E-state index in [9.17, 15) is 22.8 Å². The van der Waals surface area contributed by atoms with Gasteiger partial charge in [-0.1, -0.05) is 12.1 Å². The number of Topliss-reactive ketones (excluding diaryl/α,β-unsaturated/α-hetero) is 1. The van der Waals surface area contributed by atoms with E-state index in [0.29, 0.717) is 11.3 Å². The molecule has 0 bridgehead atoms. The molecule has 2 rings (SSSR count). The van der Waals surface area contributed by atoms with Crippen LogP contribution < -0.4 is 5.32 Å². The minimum absolute atomic E-state index is 0.00168. The number of thioether (sulfide) groups is 1. The molecule has 1 amide bonds. The molecule has 0 atom stereocenters. The average molecular weight is 339 g/mol. The van der Waals surface area contributed by atoms with Crippen LogP contribution in [0.4, 0.5) is 18.9 Å². The van der Waals surface area contributed by atoms with Gasteiger partial charge < -0.3 is 5.32 Å². The molecular weight excluding hydrogens is 327 g/mol. The van der Waals surface area contributed by atoms with Crippen LogP contribution in [0.3, 0.4) is 0 Å². The summed E-state index contributed by atoms with van der Waals surface area (Å²) in [4.78, 5) is 23.6. The molecule has 0 unspecified atom stereocenters. The van der Waals surface area contributed by atoms with Crippen LogP contribution in [0.25, 0.3) is 0 Å². The van der Waals surface area contributed by atoms with Gasteiger partial charge >= 0.3 is 5.51 Å². The molecule has 0 fully saturated rings. The highest BCUT2D eigenvalue weighted by Gasteiger charge is 2.29. The number of para-hydroxylation sites is 1. The van der Waals surface area contributed by atoms with E-state index >= 15 is 0 Å². The van der Waals surface area contributed by atoms with Crippen molar-refractivity contribution in [1.29, 1.82) is 0 Å². The Morgan fingerprint density at radius 3 is 2.17 bits per heavy atom. The van der Waals surface area contributed by atoms with Gasteiger partial charge in [-0.3, -0.25) is 9.59 Å². The normalized spacial score (nSPS) is 11.1. The Balaban J connectivity index is 2.14. The summed E-state index contributed by atoms with van der Waals surface area (Å²) in [6.45, 7) is 1.38. The Kier molecular flexibility index (Phi) is 5.10. The van der Waals surface area contributed by atoms with Gasteiger partial charge in [0.05, 0.1) is 5.69 Å². The van der Waals surface area contributed by atoms with Crippen LogP contribution in [0.1, 0.15) is 27.6 Å². The number of nitrogens with one attached hydrogen (secondary N) is 1. The smallest absolute Gasteiger partial charge is 0.321 e. The van der Waals surface area contributed by atoms with Crippen LogP contribution in [-0.4, -0.2) is 17.2 Å². The Hall–Kier alpha value is -2.28. The van der Waals surface area contributed by atoms with Gasteiger partial charge in [0.25, 0.3) is 5.91 Å². The molecule has 23 heavy (non-hydrogen) atoms. The molecular formula is C16H12F3NO2S. The van der Waals surface area contributed by atoms with Crippen molar-refractivity contribution in [3.63, 3.8) is 0 Å². The topological polar surface area (TPSA) is 46.2 Å². The van der Waals surface area contributed by atoms with Crippen LogP contribution in [0.15, 0.2) is 53.4 Å². The van der Waals surface area contributed by atoms with Gasteiger partial charge in [0.2, 0.25) is 0 Å². The standard InChI is InChI=1S/C16H12F3NO2S/c1-10(21)13-4-2-3-5-14(13)20-15(22)11-6-8-12(9-7-11)23-16(17,18)19/h2-9H,1H3,(H,20,22). The quantitative estimate of drug-likeness (QED) is 0.646. The maximum atomic E-state index is 12.3. The minimum atomic E-state index is -4.37. The van der Waals surface area contributed by atoms with Gasteiger partial charge in [0.1, 0.15) is 0 Å². The number of anilines is 1. The van der Waals surface area contributed by atoms with Crippen LogP contribution in [0, 0.1) is 0 Å². The van der Waals surface area contributed by atoms with Crippen LogP contribution in [0.2, 0.25) is 0 Å². The molecule has 0 aliphatic heterocycles. The first-order chi connectivity index (χ1) is 10.8. The molecule has 0 saturated heterocycles. The van der Waals surface area contributed by atoms with Crippen molar-refractivity contribution in [2.45, 2.75) is 17.3 Å². The summed E-state index contributed by atoms with van der Waals surface area (Å²) >= 11 is -0.245. The Morgan fingerprint density at radius 1 is 1.00 bits per heavy atom. The number of hydrogen-bond acceptors (Lipinski definition) is 3. The summed E-state index contributed by atoms with van der Waals surface area (Å²) in [5.41, 5.74) is -3.44. The van der Waals surface area contributed by atoms with E-state index in [1.807, 2.05) is 0 Å². The number of benzene rings is 2. The van der Waals surface area contributed by atoms with Crippen molar-refractivity contribution < 1.29 is 22.8 Å². The van der Waals surface area contributed by atoms with Crippen molar-refractivity contribution in [3.8, 4) is 0 Å². The van der Waals surface area contributed by atoms with Gasteiger partial charge in [-0.15, -0.1) is 0 Å². The fraction of sp³-hybridized carbons (Fsp3) is 0.125. The largest absolute Gasteiger partial charge is 0.446 e. The Bertz CT molecular complexity index is 727. The first kappa shape index (κ1) is 17.1. The number of carbonyl (C=O) groups is 2. The van der Waals surface area contributed by atoms with Crippen LogP contribution in [-0.2, 0) is 0 Å². The van der Waals surface area contributed by atoms with Crippen molar-refractivity contribution in [2.75, 3.05) is 5.32 Å². The Morgan fingerprint density at radius 2 is 1.61 bits per heavy atom. The van der Waals surface area contributed by atoms with E-state index in [2.05, 4.69) is 5.32 Å². The van der Waals surface area contributed by atoms with E-state index in [-0.39, 0.29) is 28.0 Å². The second kappa shape index (κ2) is 6.87. The molecule has 0 saturated carbocycles. The number of alkyl halides is 3. The summed E-state index contributed by atoms with van der Waals surface area (Å²) in [5, 5.41) is 2.59. The zero-order chi connectivity index (χ0) is 17.0.